The van der Waals surface area contributed by atoms with E-state index >= 15 is 0 Å². The minimum absolute atomic E-state index is 0.0463. The predicted molar refractivity (Wildman–Crippen MR) is 153 cm³/mol. The van der Waals surface area contributed by atoms with Crippen molar-refractivity contribution >= 4 is 22.8 Å². The molecule has 0 spiro atoms. The molecule has 0 radical (unpaired) electrons. The van der Waals surface area contributed by atoms with Crippen molar-refractivity contribution in [1.82, 2.24) is 39.7 Å². The average molecular weight is 589 g/mol. The van der Waals surface area contributed by atoms with E-state index in [2.05, 4.69) is 26.7 Å². The van der Waals surface area contributed by atoms with Gasteiger partial charge in [0.15, 0.2) is 17.1 Å². The molecule has 1 aliphatic heterocycles. The molecule has 1 fully saturated rings. The van der Waals surface area contributed by atoms with Crippen molar-refractivity contribution in [1.29, 1.82) is 0 Å². The van der Waals surface area contributed by atoms with Gasteiger partial charge < -0.3 is 18.5 Å². The van der Waals surface area contributed by atoms with Crippen LogP contribution in [-0.4, -0.2) is 53.4 Å². The van der Waals surface area contributed by atoms with Crippen LogP contribution in [0.5, 0.6) is 5.75 Å². The Morgan fingerprint density at radius 3 is 2.81 bits per heavy atom. The number of pyridine rings is 2. The van der Waals surface area contributed by atoms with Gasteiger partial charge in [-0.05, 0) is 42.9 Å². The summed E-state index contributed by atoms with van der Waals surface area (Å²) in [5, 5.41) is 6.70. The first-order chi connectivity index (χ1) is 20.4. The molecule has 12 nitrogen and oxygen atoms in total. The fourth-order valence-corrected chi connectivity index (χ4v) is 6.37. The summed E-state index contributed by atoms with van der Waals surface area (Å²) in [5.41, 5.74) is 1.97. The van der Waals surface area contributed by atoms with Crippen molar-refractivity contribution in [2.24, 2.45) is 11.8 Å². The first kappa shape index (κ1) is 26.7. The number of nitrogens with one attached hydrogen (secondary N) is 1. The maximum atomic E-state index is 11.8. The minimum Gasteiger partial charge on any atom is -0.491 e. The van der Waals surface area contributed by atoms with Crippen LogP contribution in [0.15, 0.2) is 46.0 Å². The van der Waals surface area contributed by atoms with Gasteiger partial charge in [0.2, 0.25) is 5.82 Å². The van der Waals surface area contributed by atoms with Gasteiger partial charge in [0.05, 0.1) is 11.6 Å². The van der Waals surface area contributed by atoms with Crippen LogP contribution in [0.2, 0.25) is 5.02 Å². The quantitative estimate of drug-likeness (QED) is 0.294. The van der Waals surface area contributed by atoms with Crippen LogP contribution in [0.25, 0.3) is 34.1 Å². The van der Waals surface area contributed by atoms with Crippen LogP contribution in [0.4, 0.5) is 0 Å². The highest BCUT2D eigenvalue weighted by Gasteiger charge is 2.46. The van der Waals surface area contributed by atoms with Gasteiger partial charge in [-0.2, -0.15) is 0 Å². The SMILES string of the molecule is COC1(c2nc3nc(-c4n[nH]c(=O)o4)nc(-c4cncc(Cl)c4)c3n2CC2CCC(C)CC2)CCOc2cccnc21. The molecule has 2 aliphatic rings. The van der Waals surface area contributed by atoms with E-state index in [0.717, 1.165) is 12.8 Å². The molecule has 0 amide bonds. The molecule has 1 saturated carbocycles. The maximum absolute atomic E-state index is 11.8. The maximum Gasteiger partial charge on any atom is 0.434 e. The van der Waals surface area contributed by atoms with E-state index in [1.54, 1.807) is 31.8 Å². The van der Waals surface area contributed by atoms with Gasteiger partial charge in [0.25, 0.3) is 5.89 Å². The molecular weight excluding hydrogens is 560 g/mol. The fraction of sp³-hybridized carbons (Fsp3) is 0.414. The fourth-order valence-electron chi connectivity index (χ4n) is 6.20. The van der Waals surface area contributed by atoms with Crippen molar-refractivity contribution in [2.75, 3.05) is 13.7 Å². The van der Waals surface area contributed by atoms with Crippen LogP contribution in [0.1, 0.15) is 50.5 Å². The molecule has 42 heavy (non-hydrogen) atoms. The number of ether oxygens (including phenoxy) is 2. The van der Waals surface area contributed by atoms with E-state index < -0.39 is 11.4 Å². The predicted octanol–water partition coefficient (Wildman–Crippen LogP) is 4.78. The van der Waals surface area contributed by atoms with E-state index in [0.29, 0.717) is 76.1 Å². The Morgan fingerprint density at radius 1 is 1.19 bits per heavy atom. The van der Waals surface area contributed by atoms with Crippen LogP contribution < -0.4 is 10.5 Å². The number of methoxy groups -OCH3 is 1. The van der Waals surface area contributed by atoms with E-state index in [-0.39, 0.29) is 11.7 Å². The molecule has 5 aromatic heterocycles. The lowest BCUT2D eigenvalue weighted by molar-refractivity contribution is -0.0240. The smallest absolute Gasteiger partial charge is 0.434 e. The average Bonchev–Trinajstić information content (AvgIpc) is 3.61. The van der Waals surface area contributed by atoms with Crippen LogP contribution in [0.3, 0.4) is 0 Å². The third kappa shape index (κ3) is 4.54. The molecule has 7 rings (SSSR count). The molecule has 0 bridgehead atoms. The molecule has 1 N–H and O–H groups in total. The summed E-state index contributed by atoms with van der Waals surface area (Å²) >= 11 is 6.40. The second-order valence-electron chi connectivity index (χ2n) is 11.0. The van der Waals surface area contributed by atoms with Gasteiger partial charge in [-0.25, -0.2) is 24.8 Å². The van der Waals surface area contributed by atoms with Gasteiger partial charge >= 0.3 is 5.76 Å². The minimum atomic E-state index is -1.000. The van der Waals surface area contributed by atoms with Gasteiger partial charge in [-0.3, -0.25) is 9.97 Å². The monoisotopic (exact) mass is 588 g/mol. The summed E-state index contributed by atoms with van der Waals surface area (Å²) in [6.45, 7) is 3.43. The first-order valence-corrected chi connectivity index (χ1v) is 14.4. The van der Waals surface area contributed by atoms with E-state index in [1.807, 2.05) is 12.1 Å². The van der Waals surface area contributed by atoms with Crippen molar-refractivity contribution in [3.8, 4) is 28.7 Å². The normalized spacial score (nSPS) is 22.2. The number of imidazole rings is 1. The number of rotatable bonds is 6. The van der Waals surface area contributed by atoms with Crippen LogP contribution in [0, 0.1) is 11.8 Å². The summed E-state index contributed by atoms with van der Waals surface area (Å²) in [6, 6.07) is 5.53. The Hall–Kier alpha value is -4.16. The Balaban J connectivity index is 1.53. The largest absolute Gasteiger partial charge is 0.491 e. The molecule has 6 heterocycles. The van der Waals surface area contributed by atoms with Crippen molar-refractivity contribution < 1.29 is 13.9 Å². The standard InChI is InChI=1S/C29H29ClN8O4/c1-16-5-7-17(8-6-16)15-38-22-21(18-12-19(30)14-31-13-18)33-25(26-36-37-28(39)42-26)34-24(22)35-27(38)29(40-2)9-11-41-20-4-3-10-32-23(20)29/h3-4,10,12-14,16-17H,5-9,11,15H2,1-2H3,(H,37,39). The van der Waals surface area contributed by atoms with E-state index in [4.69, 9.17) is 45.4 Å². The molecular formula is C29H29ClN8O4. The van der Waals surface area contributed by atoms with Gasteiger partial charge in [-0.1, -0.05) is 31.4 Å². The van der Waals surface area contributed by atoms with E-state index in [9.17, 15) is 4.79 Å². The number of hydrogen-bond acceptors (Lipinski definition) is 10. The molecule has 5 aromatic rings. The van der Waals surface area contributed by atoms with Crippen molar-refractivity contribution in [2.45, 2.75) is 51.2 Å². The lowest BCUT2D eigenvalue weighted by Gasteiger charge is -2.37. The highest BCUT2D eigenvalue weighted by atomic mass is 35.5. The third-order valence-electron chi connectivity index (χ3n) is 8.36. The topological polar surface area (TPSA) is 147 Å². The Morgan fingerprint density at radius 2 is 2.05 bits per heavy atom. The molecule has 216 valence electrons. The Bertz CT molecular complexity index is 1830. The second-order valence-corrected chi connectivity index (χ2v) is 11.5. The van der Waals surface area contributed by atoms with Gasteiger partial charge in [-0.15, -0.1) is 5.10 Å². The van der Waals surface area contributed by atoms with Crippen LogP contribution in [-0.2, 0) is 16.9 Å². The molecule has 13 heteroatoms. The van der Waals surface area contributed by atoms with Gasteiger partial charge in [0.1, 0.15) is 22.7 Å². The molecule has 1 aliphatic carbocycles. The first-order valence-electron chi connectivity index (χ1n) is 14.0. The number of fused-ring (bicyclic) bond motifs is 2. The summed E-state index contributed by atoms with van der Waals surface area (Å²) < 4.78 is 19.8. The molecule has 0 saturated heterocycles. The number of aromatic nitrogens is 8. The summed E-state index contributed by atoms with van der Waals surface area (Å²) in [6.07, 6.45) is 10.0. The Kier molecular flexibility index (Phi) is 6.74. The zero-order chi connectivity index (χ0) is 28.8. The summed E-state index contributed by atoms with van der Waals surface area (Å²) in [7, 11) is 1.67. The number of hydrogen-bond donors (Lipinski definition) is 1. The highest BCUT2D eigenvalue weighted by Crippen LogP contribution is 2.45. The van der Waals surface area contributed by atoms with Crippen molar-refractivity contribution in [3.05, 3.63) is 63.9 Å². The highest BCUT2D eigenvalue weighted by molar-refractivity contribution is 6.30. The lowest BCUT2D eigenvalue weighted by Crippen LogP contribution is -2.40. The van der Waals surface area contributed by atoms with Gasteiger partial charge in [0, 0.05) is 44.2 Å². The second kappa shape index (κ2) is 10.6. The zero-order valence-corrected chi connectivity index (χ0v) is 24.0. The zero-order valence-electron chi connectivity index (χ0n) is 23.2. The lowest BCUT2D eigenvalue weighted by atomic mass is 9.82. The number of halogens is 1. The molecule has 0 aromatic carbocycles. The number of H-pyrrole nitrogens is 1. The summed E-state index contributed by atoms with van der Waals surface area (Å²) in [5.74, 6) is 1.79. The number of nitrogens with zero attached hydrogens (tertiary/aromatic N) is 7. The Labute approximate surface area is 245 Å². The third-order valence-corrected chi connectivity index (χ3v) is 8.57. The summed E-state index contributed by atoms with van der Waals surface area (Å²) in [4.78, 5) is 35.6. The van der Waals surface area contributed by atoms with E-state index in [1.165, 1.54) is 12.8 Å². The van der Waals surface area contributed by atoms with Crippen LogP contribution >= 0.6 is 11.6 Å². The molecule has 1 atom stereocenters. The van der Waals surface area contributed by atoms with Crippen molar-refractivity contribution in [3.63, 3.8) is 0 Å². The number of aromatic amines is 1. The molecule has 1 unspecified atom stereocenters.